The predicted molar refractivity (Wildman–Crippen MR) is 80.1 cm³/mol. The number of halogens is 3. The van der Waals surface area contributed by atoms with Crippen LogP contribution >= 0.6 is 0 Å². The van der Waals surface area contributed by atoms with E-state index in [0.717, 1.165) is 12.1 Å². The number of hydrogen-bond acceptors (Lipinski definition) is 4. The van der Waals surface area contributed by atoms with Gasteiger partial charge in [0.1, 0.15) is 12.2 Å². The Labute approximate surface area is 141 Å². The van der Waals surface area contributed by atoms with Gasteiger partial charge < -0.3 is 20.1 Å². The molecule has 1 aliphatic heterocycles. The third-order valence-corrected chi connectivity index (χ3v) is 3.75. The van der Waals surface area contributed by atoms with E-state index < -0.39 is 35.5 Å². The number of rotatable bonds is 5. The zero-order valence-electron chi connectivity index (χ0n) is 13.3. The molecule has 0 spiro atoms. The maximum absolute atomic E-state index is 12.8. The number of nitrogens with one attached hydrogen (secondary N) is 1. The largest absolute Gasteiger partial charge is 0.481 e. The number of carboxylic acids is 1. The number of hydrogen-bond donors (Lipinski definition) is 2. The molecule has 1 saturated heterocycles. The number of ether oxygens (including phenoxy) is 1. The molecule has 0 radical (unpaired) electrons. The van der Waals surface area contributed by atoms with Crippen molar-refractivity contribution in [2.45, 2.75) is 19.0 Å². The highest BCUT2D eigenvalue weighted by molar-refractivity contribution is 5.76. The first-order chi connectivity index (χ1) is 11.8. The third kappa shape index (κ3) is 5.23. The van der Waals surface area contributed by atoms with Gasteiger partial charge in [-0.25, -0.2) is 9.78 Å². The number of carbonyl (C=O) groups is 2. The Morgan fingerprint density at radius 1 is 1.44 bits per heavy atom. The third-order valence-electron chi connectivity index (χ3n) is 3.75. The van der Waals surface area contributed by atoms with E-state index >= 15 is 0 Å². The van der Waals surface area contributed by atoms with Crippen molar-refractivity contribution < 1.29 is 32.6 Å². The summed E-state index contributed by atoms with van der Waals surface area (Å²) in [7, 11) is 0. The Morgan fingerprint density at radius 3 is 2.88 bits per heavy atom. The number of alkyl halides is 3. The minimum absolute atomic E-state index is 0.0268. The van der Waals surface area contributed by atoms with Crippen LogP contribution in [0.3, 0.4) is 0 Å². The molecule has 7 nitrogen and oxygen atoms in total. The monoisotopic (exact) mass is 361 g/mol. The van der Waals surface area contributed by atoms with Gasteiger partial charge in [0.15, 0.2) is 0 Å². The fourth-order valence-electron chi connectivity index (χ4n) is 2.50. The molecule has 0 aromatic carbocycles. The van der Waals surface area contributed by atoms with Gasteiger partial charge in [-0.15, -0.1) is 0 Å². The van der Waals surface area contributed by atoms with Crippen LogP contribution in [-0.4, -0.2) is 53.2 Å². The lowest BCUT2D eigenvalue weighted by Crippen LogP contribution is -2.47. The standard InChI is InChI=1S/C15H18F3N3O4/c16-15(17,18)11-4-1-5-19-12(11)25-8-6-20-14(24)21-7-2-3-10(9-21)13(22)23/h1,4-5,10H,2-3,6-9H2,(H,20,24)(H,22,23). The molecule has 1 unspecified atom stereocenters. The molecule has 2 amide bonds. The van der Waals surface area contributed by atoms with Crippen LogP contribution in [0.5, 0.6) is 5.88 Å². The minimum atomic E-state index is -4.58. The molecule has 1 aromatic heterocycles. The Morgan fingerprint density at radius 2 is 2.20 bits per heavy atom. The van der Waals surface area contributed by atoms with Crippen molar-refractivity contribution in [1.82, 2.24) is 15.2 Å². The van der Waals surface area contributed by atoms with Crippen molar-refractivity contribution in [3.05, 3.63) is 23.9 Å². The quantitative estimate of drug-likeness (QED) is 0.783. The fraction of sp³-hybridized carbons (Fsp3) is 0.533. The topological polar surface area (TPSA) is 91.8 Å². The van der Waals surface area contributed by atoms with Gasteiger partial charge in [-0.1, -0.05) is 0 Å². The van der Waals surface area contributed by atoms with Crippen LogP contribution in [0.25, 0.3) is 0 Å². The number of carboxylic acid groups (broad SMARTS) is 1. The van der Waals surface area contributed by atoms with Crippen LogP contribution in [0.15, 0.2) is 18.3 Å². The van der Waals surface area contributed by atoms with Crippen molar-refractivity contribution in [2.24, 2.45) is 5.92 Å². The molecule has 1 aromatic rings. The molecule has 10 heteroatoms. The van der Waals surface area contributed by atoms with Gasteiger partial charge in [0.2, 0.25) is 5.88 Å². The van der Waals surface area contributed by atoms with E-state index in [9.17, 15) is 22.8 Å². The molecule has 2 heterocycles. The Bertz CT molecular complexity index is 624. The Kier molecular flexibility index (Phi) is 6.05. The first-order valence-electron chi connectivity index (χ1n) is 7.69. The van der Waals surface area contributed by atoms with Gasteiger partial charge >= 0.3 is 18.2 Å². The maximum Gasteiger partial charge on any atom is 0.421 e. The number of aromatic nitrogens is 1. The number of piperidine rings is 1. The highest BCUT2D eigenvalue weighted by atomic mass is 19.4. The zero-order valence-corrected chi connectivity index (χ0v) is 13.3. The van der Waals surface area contributed by atoms with Gasteiger partial charge in [0.25, 0.3) is 0 Å². The smallest absolute Gasteiger partial charge is 0.421 e. The van der Waals surface area contributed by atoms with Gasteiger partial charge in [-0.3, -0.25) is 4.79 Å². The van der Waals surface area contributed by atoms with Gasteiger partial charge in [-0.05, 0) is 25.0 Å². The van der Waals surface area contributed by atoms with Crippen molar-refractivity contribution in [1.29, 1.82) is 0 Å². The van der Waals surface area contributed by atoms with Crippen LogP contribution in [0.2, 0.25) is 0 Å². The summed E-state index contributed by atoms with van der Waals surface area (Å²) in [6.07, 6.45) is -2.29. The SMILES string of the molecule is O=C(O)C1CCCN(C(=O)NCCOc2ncccc2C(F)(F)F)C1. The number of pyridine rings is 1. The summed E-state index contributed by atoms with van der Waals surface area (Å²) in [5, 5.41) is 11.5. The maximum atomic E-state index is 12.8. The second-order valence-electron chi connectivity index (χ2n) is 5.56. The van der Waals surface area contributed by atoms with E-state index in [0.29, 0.717) is 19.4 Å². The summed E-state index contributed by atoms with van der Waals surface area (Å²) in [6, 6.07) is 1.56. The molecule has 0 aliphatic carbocycles. The molecule has 2 rings (SSSR count). The van der Waals surface area contributed by atoms with Gasteiger partial charge in [-0.2, -0.15) is 13.2 Å². The number of amides is 2. The normalized spacial score (nSPS) is 17.9. The van der Waals surface area contributed by atoms with Crippen LogP contribution in [-0.2, 0) is 11.0 Å². The van der Waals surface area contributed by atoms with Crippen molar-refractivity contribution in [2.75, 3.05) is 26.2 Å². The van der Waals surface area contributed by atoms with E-state index in [4.69, 9.17) is 9.84 Å². The molecule has 1 atom stereocenters. The van der Waals surface area contributed by atoms with E-state index in [1.807, 2.05) is 0 Å². The second-order valence-corrected chi connectivity index (χ2v) is 5.56. The van der Waals surface area contributed by atoms with Crippen LogP contribution in [0, 0.1) is 5.92 Å². The van der Waals surface area contributed by atoms with Crippen LogP contribution < -0.4 is 10.1 Å². The van der Waals surface area contributed by atoms with Crippen molar-refractivity contribution in [3.63, 3.8) is 0 Å². The second kappa shape index (κ2) is 8.04. The van der Waals surface area contributed by atoms with E-state index in [1.165, 1.54) is 11.1 Å². The molecule has 0 bridgehead atoms. The summed E-state index contributed by atoms with van der Waals surface area (Å²) in [6.45, 7) is 0.332. The summed E-state index contributed by atoms with van der Waals surface area (Å²) < 4.78 is 43.4. The average Bonchev–Trinajstić information content (AvgIpc) is 2.58. The number of carbonyl (C=O) groups excluding carboxylic acids is 1. The van der Waals surface area contributed by atoms with Crippen LogP contribution in [0.4, 0.5) is 18.0 Å². The molecule has 25 heavy (non-hydrogen) atoms. The molecule has 0 saturated carbocycles. The number of aliphatic carboxylic acids is 1. The Balaban J connectivity index is 1.80. The first-order valence-corrected chi connectivity index (χ1v) is 7.69. The van der Waals surface area contributed by atoms with Gasteiger partial charge in [0.05, 0.1) is 12.5 Å². The molecule has 1 aliphatic rings. The highest BCUT2D eigenvalue weighted by Gasteiger charge is 2.35. The fourth-order valence-corrected chi connectivity index (χ4v) is 2.50. The van der Waals surface area contributed by atoms with Gasteiger partial charge in [0, 0.05) is 19.3 Å². The van der Waals surface area contributed by atoms with Crippen LogP contribution in [0.1, 0.15) is 18.4 Å². The predicted octanol–water partition coefficient (Wildman–Crippen LogP) is 1.99. The minimum Gasteiger partial charge on any atom is -0.481 e. The lowest BCUT2D eigenvalue weighted by atomic mass is 9.99. The van der Waals surface area contributed by atoms with E-state index in [2.05, 4.69) is 10.3 Å². The highest BCUT2D eigenvalue weighted by Crippen LogP contribution is 2.34. The van der Waals surface area contributed by atoms with Crippen molar-refractivity contribution in [3.8, 4) is 5.88 Å². The molecule has 2 N–H and O–H groups in total. The number of urea groups is 1. The van der Waals surface area contributed by atoms with E-state index in [-0.39, 0.29) is 19.7 Å². The lowest BCUT2D eigenvalue weighted by molar-refractivity contribution is -0.143. The van der Waals surface area contributed by atoms with E-state index in [1.54, 1.807) is 0 Å². The molecule has 1 fully saturated rings. The number of nitrogens with zero attached hydrogens (tertiary/aromatic N) is 2. The number of likely N-dealkylation sites (tertiary alicyclic amines) is 1. The van der Waals surface area contributed by atoms with Crippen molar-refractivity contribution >= 4 is 12.0 Å². The first kappa shape index (κ1) is 18.8. The molecular weight excluding hydrogens is 343 g/mol. The summed E-state index contributed by atoms with van der Waals surface area (Å²) >= 11 is 0. The zero-order chi connectivity index (χ0) is 18.4. The summed E-state index contributed by atoms with van der Waals surface area (Å²) in [5.41, 5.74) is -0.985. The lowest BCUT2D eigenvalue weighted by Gasteiger charge is -2.30. The Hall–Kier alpha value is -2.52. The average molecular weight is 361 g/mol. The summed E-state index contributed by atoms with van der Waals surface area (Å²) in [5.74, 6) is -2.09. The molecular formula is C15H18F3N3O4. The molecule has 138 valence electrons. The summed E-state index contributed by atoms with van der Waals surface area (Å²) in [4.78, 5) is 27.9.